The maximum atomic E-state index is 13.6. The molecule has 2 aromatic heterocycles. The second-order valence-corrected chi connectivity index (χ2v) is 9.16. The zero-order valence-corrected chi connectivity index (χ0v) is 19.5. The van der Waals surface area contributed by atoms with Crippen molar-refractivity contribution in [3.05, 3.63) is 69.8 Å². The molecule has 1 atom stereocenters. The zero-order valence-electron chi connectivity index (χ0n) is 18.7. The SMILES string of the molecule is Cc1ccc(C)c(-n2c(SC(C)c3nc(N)nc(N(C)C)n3)nc3ccccc3c2=O)c1. The van der Waals surface area contributed by atoms with Gasteiger partial charge in [0, 0.05) is 14.1 Å². The van der Waals surface area contributed by atoms with E-state index >= 15 is 0 Å². The third kappa shape index (κ3) is 4.16. The van der Waals surface area contributed by atoms with Gasteiger partial charge in [0.1, 0.15) is 5.82 Å². The molecule has 0 aliphatic heterocycles. The van der Waals surface area contributed by atoms with Crippen LogP contribution in [0.25, 0.3) is 16.6 Å². The van der Waals surface area contributed by atoms with Crippen molar-refractivity contribution in [3.8, 4) is 5.69 Å². The van der Waals surface area contributed by atoms with Crippen LogP contribution in [0.1, 0.15) is 29.1 Å². The number of hydrogen-bond donors (Lipinski definition) is 1. The van der Waals surface area contributed by atoms with E-state index in [4.69, 9.17) is 10.7 Å². The number of para-hydroxylation sites is 1. The highest BCUT2D eigenvalue weighted by Crippen LogP contribution is 2.34. The molecule has 0 saturated carbocycles. The third-order valence-electron chi connectivity index (χ3n) is 5.05. The lowest BCUT2D eigenvalue weighted by Crippen LogP contribution is -2.23. The normalized spacial score (nSPS) is 12.2. The zero-order chi connectivity index (χ0) is 23.0. The average molecular weight is 448 g/mol. The van der Waals surface area contributed by atoms with E-state index < -0.39 is 0 Å². The smallest absolute Gasteiger partial charge is 0.266 e. The van der Waals surface area contributed by atoms with Crippen molar-refractivity contribution in [2.24, 2.45) is 0 Å². The molecule has 8 nitrogen and oxygen atoms in total. The standard InChI is InChI=1S/C23H25N7OS/c1-13-10-11-14(2)18(12-13)30-20(31)16-8-6-7-9-17(16)25-23(30)32-15(3)19-26-21(24)28-22(27-19)29(4)5/h6-12,15H,1-5H3,(H2,24,26,27,28). The Morgan fingerprint density at radius 2 is 1.78 bits per heavy atom. The molecule has 1 unspecified atom stereocenters. The number of aromatic nitrogens is 5. The molecule has 0 aliphatic carbocycles. The summed E-state index contributed by atoms with van der Waals surface area (Å²) in [6.45, 7) is 5.96. The van der Waals surface area contributed by atoms with Crippen LogP contribution < -0.4 is 16.2 Å². The molecule has 2 heterocycles. The van der Waals surface area contributed by atoms with Crippen molar-refractivity contribution in [3.63, 3.8) is 0 Å². The highest BCUT2D eigenvalue weighted by molar-refractivity contribution is 7.99. The molecule has 0 amide bonds. The monoisotopic (exact) mass is 447 g/mol. The van der Waals surface area contributed by atoms with Gasteiger partial charge in [0.2, 0.25) is 11.9 Å². The first kappa shape index (κ1) is 21.8. The van der Waals surface area contributed by atoms with Crippen molar-refractivity contribution in [1.82, 2.24) is 24.5 Å². The van der Waals surface area contributed by atoms with Crippen LogP contribution in [-0.4, -0.2) is 38.6 Å². The molecule has 0 radical (unpaired) electrons. The molecule has 32 heavy (non-hydrogen) atoms. The highest BCUT2D eigenvalue weighted by Gasteiger charge is 2.20. The maximum Gasteiger partial charge on any atom is 0.266 e. The van der Waals surface area contributed by atoms with Gasteiger partial charge in [0.15, 0.2) is 5.16 Å². The quantitative estimate of drug-likeness (QED) is 0.365. The summed E-state index contributed by atoms with van der Waals surface area (Å²) in [4.78, 5) is 33.2. The maximum absolute atomic E-state index is 13.6. The van der Waals surface area contributed by atoms with E-state index in [1.807, 2.05) is 71.3 Å². The second-order valence-electron chi connectivity index (χ2n) is 7.85. The van der Waals surface area contributed by atoms with E-state index in [0.717, 1.165) is 16.8 Å². The van der Waals surface area contributed by atoms with Gasteiger partial charge in [0.05, 0.1) is 21.8 Å². The Morgan fingerprint density at radius 1 is 1.03 bits per heavy atom. The van der Waals surface area contributed by atoms with Crippen molar-refractivity contribution in [2.75, 3.05) is 24.7 Å². The average Bonchev–Trinajstić information content (AvgIpc) is 2.75. The van der Waals surface area contributed by atoms with E-state index in [2.05, 4.69) is 15.0 Å². The Morgan fingerprint density at radius 3 is 2.53 bits per heavy atom. The van der Waals surface area contributed by atoms with Gasteiger partial charge < -0.3 is 10.6 Å². The minimum absolute atomic E-state index is 0.108. The highest BCUT2D eigenvalue weighted by atomic mass is 32.2. The van der Waals surface area contributed by atoms with E-state index in [0.29, 0.717) is 27.8 Å². The second kappa shape index (κ2) is 8.58. The van der Waals surface area contributed by atoms with Crippen molar-refractivity contribution in [1.29, 1.82) is 0 Å². The molecular formula is C23H25N7OS. The first-order valence-electron chi connectivity index (χ1n) is 10.2. The van der Waals surface area contributed by atoms with Gasteiger partial charge in [-0.25, -0.2) is 4.98 Å². The fraction of sp³-hybridized carbons (Fsp3) is 0.261. The largest absolute Gasteiger partial charge is 0.368 e. The number of hydrogen-bond acceptors (Lipinski definition) is 8. The molecule has 2 aromatic carbocycles. The number of nitrogens with two attached hydrogens (primary N) is 1. The van der Waals surface area contributed by atoms with Crippen LogP contribution in [0.15, 0.2) is 52.4 Å². The fourth-order valence-electron chi connectivity index (χ4n) is 3.35. The summed E-state index contributed by atoms with van der Waals surface area (Å²) in [5, 5.41) is 0.924. The number of fused-ring (bicyclic) bond motifs is 1. The third-order valence-corrected chi connectivity index (χ3v) is 6.10. The molecule has 0 saturated heterocycles. The van der Waals surface area contributed by atoms with E-state index in [-0.39, 0.29) is 16.8 Å². The van der Waals surface area contributed by atoms with Gasteiger partial charge in [-0.3, -0.25) is 9.36 Å². The van der Waals surface area contributed by atoms with E-state index in [1.165, 1.54) is 11.8 Å². The molecule has 164 valence electrons. The molecule has 0 aliphatic rings. The van der Waals surface area contributed by atoms with Crippen LogP contribution >= 0.6 is 11.8 Å². The molecule has 0 fully saturated rings. The van der Waals surface area contributed by atoms with Gasteiger partial charge in [-0.05, 0) is 50.1 Å². The predicted octanol–water partition coefficient (Wildman–Crippen LogP) is 3.69. The Kier molecular flexibility index (Phi) is 5.84. The van der Waals surface area contributed by atoms with Crippen molar-refractivity contribution in [2.45, 2.75) is 31.2 Å². The lowest BCUT2D eigenvalue weighted by atomic mass is 10.1. The van der Waals surface area contributed by atoms with E-state index in [9.17, 15) is 4.79 Å². The molecule has 4 rings (SSSR count). The summed E-state index contributed by atoms with van der Waals surface area (Å²) in [6.07, 6.45) is 0. The predicted molar refractivity (Wildman–Crippen MR) is 130 cm³/mol. The molecule has 2 N–H and O–H groups in total. The van der Waals surface area contributed by atoms with Gasteiger partial charge >= 0.3 is 0 Å². The summed E-state index contributed by atoms with van der Waals surface area (Å²) in [6, 6.07) is 13.4. The Bertz CT molecular complexity index is 1370. The molecule has 9 heteroatoms. The molecule has 4 aromatic rings. The number of rotatable bonds is 5. The van der Waals surface area contributed by atoms with Gasteiger partial charge in [-0.15, -0.1) is 0 Å². The van der Waals surface area contributed by atoms with Gasteiger partial charge in [-0.1, -0.05) is 36.0 Å². The van der Waals surface area contributed by atoms with Crippen LogP contribution in [0.4, 0.5) is 11.9 Å². The number of aryl methyl sites for hydroxylation is 2. The lowest BCUT2D eigenvalue weighted by Gasteiger charge is -2.18. The van der Waals surface area contributed by atoms with Crippen LogP contribution in [-0.2, 0) is 0 Å². The minimum Gasteiger partial charge on any atom is -0.368 e. The topological polar surface area (TPSA) is 103 Å². The Hall–Kier alpha value is -3.46. The summed E-state index contributed by atoms with van der Waals surface area (Å²) in [5.74, 6) is 1.17. The summed E-state index contributed by atoms with van der Waals surface area (Å²) in [5.41, 5.74) is 9.32. The van der Waals surface area contributed by atoms with Crippen LogP contribution in [0.2, 0.25) is 0 Å². The summed E-state index contributed by atoms with van der Waals surface area (Å²) >= 11 is 1.42. The Labute approximate surface area is 190 Å². The molecule has 0 spiro atoms. The minimum atomic E-state index is -0.219. The molecular weight excluding hydrogens is 422 g/mol. The summed E-state index contributed by atoms with van der Waals surface area (Å²) < 4.78 is 1.68. The van der Waals surface area contributed by atoms with Gasteiger partial charge in [-0.2, -0.15) is 15.0 Å². The number of thioether (sulfide) groups is 1. The van der Waals surface area contributed by atoms with Gasteiger partial charge in [0.25, 0.3) is 5.56 Å². The Balaban J connectivity index is 1.89. The van der Waals surface area contributed by atoms with Crippen LogP contribution in [0.3, 0.4) is 0 Å². The first-order chi connectivity index (χ1) is 15.2. The van der Waals surface area contributed by atoms with Crippen molar-refractivity contribution < 1.29 is 0 Å². The van der Waals surface area contributed by atoms with Crippen LogP contribution in [0.5, 0.6) is 0 Å². The first-order valence-corrected chi connectivity index (χ1v) is 11.1. The number of nitrogen functional groups attached to an aromatic ring is 1. The number of benzene rings is 2. The van der Waals surface area contributed by atoms with Crippen LogP contribution in [0, 0.1) is 13.8 Å². The van der Waals surface area contributed by atoms with E-state index in [1.54, 1.807) is 15.5 Å². The number of nitrogens with zero attached hydrogens (tertiary/aromatic N) is 6. The fourth-order valence-corrected chi connectivity index (χ4v) is 4.32. The molecule has 0 bridgehead atoms. The summed E-state index contributed by atoms with van der Waals surface area (Å²) in [7, 11) is 3.69. The number of anilines is 2. The lowest BCUT2D eigenvalue weighted by molar-refractivity contribution is 0.801. The van der Waals surface area contributed by atoms with Crippen molar-refractivity contribution >= 4 is 34.6 Å².